The Bertz CT molecular complexity index is 1050. The van der Waals surface area contributed by atoms with Crippen LogP contribution in [0.4, 0.5) is 0 Å². The first-order valence-corrected chi connectivity index (χ1v) is 11.9. The van der Waals surface area contributed by atoms with Crippen LogP contribution in [-0.2, 0) is 14.8 Å². The summed E-state index contributed by atoms with van der Waals surface area (Å²) in [4.78, 5) is 2.15. The first-order chi connectivity index (χ1) is 14.8. The Hall–Kier alpha value is -1.57. The van der Waals surface area contributed by atoms with Crippen molar-refractivity contribution >= 4 is 45.6 Å². The van der Waals surface area contributed by atoms with Gasteiger partial charge in [0.15, 0.2) is 0 Å². The van der Waals surface area contributed by atoms with Crippen molar-refractivity contribution in [2.75, 3.05) is 46.4 Å². The van der Waals surface area contributed by atoms with Crippen molar-refractivity contribution in [3.8, 4) is 17.6 Å². The van der Waals surface area contributed by atoms with Crippen LogP contribution in [0, 0.1) is 11.3 Å². The number of benzene rings is 2. The van der Waals surface area contributed by atoms with Gasteiger partial charge < -0.3 is 14.4 Å². The zero-order valence-corrected chi connectivity index (χ0v) is 20.6. The molecule has 2 aromatic carbocycles. The van der Waals surface area contributed by atoms with Crippen LogP contribution in [-0.4, -0.2) is 64.1 Å². The van der Waals surface area contributed by atoms with Crippen molar-refractivity contribution in [3.05, 3.63) is 52.0 Å². The summed E-state index contributed by atoms with van der Waals surface area (Å²) < 4.78 is 39.2. The van der Waals surface area contributed by atoms with E-state index in [-0.39, 0.29) is 28.6 Å². The Kier molecular flexibility index (Phi) is 10.0. The highest BCUT2D eigenvalue weighted by molar-refractivity contribution is 7.89. The molecule has 0 radical (unpaired) electrons. The van der Waals surface area contributed by atoms with E-state index in [4.69, 9.17) is 32.7 Å². The number of methoxy groups -OCH3 is 1. The van der Waals surface area contributed by atoms with Crippen LogP contribution >= 0.6 is 35.6 Å². The van der Waals surface area contributed by atoms with Crippen molar-refractivity contribution in [2.24, 2.45) is 0 Å². The third kappa shape index (κ3) is 6.72. The molecule has 1 aliphatic rings. The highest BCUT2D eigenvalue weighted by Gasteiger charge is 2.31. The van der Waals surface area contributed by atoms with Gasteiger partial charge in [0.05, 0.1) is 11.6 Å². The van der Waals surface area contributed by atoms with Crippen LogP contribution in [0.2, 0.25) is 10.0 Å². The maximum Gasteiger partial charge on any atom is 0.246 e. The molecule has 3 rings (SSSR count). The molecule has 32 heavy (non-hydrogen) atoms. The van der Waals surface area contributed by atoms with Crippen molar-refractivity contribution in [1.82, 2.24) is 9.21 Å². The predicted octanol–water partition coefficient (Wildman–Crippen LogP) is 4.42. The van der Waals surface area contributed by atoms with E-state index >= 15 is 0 Å². The predicted molar refractivity (Wildman–Crippen MR) is 127 cm³/mol. The molecule has 1 aliphatic heterocycles. The van der Waals surface area contributed by atoms with Crippen molar-refractivity contribution < 1.29 is 17.9 Å². The van der Waals surface area contributed by atoms with Gasteiger partial charge in [-0.15, -0.1) is 12.4 Å². The van der Waals surface area contributed by atoms with Crippen LogP contribution < -0.4 is 4.74 Å². The molecular formula is C21H24Cl3N3O4S. The lowest BCUT2D eigenvalue weighted by molar-refractivity contribution is 0.149. The number of ether oxygens (including phenoxy) is 2. The second-order valence-corrected chi connectivity index (χ2v) is 9.85. The highest BCUT2D eigenvalue weighted by atomic mass is 35.5. The molecule has 1 fully saturated rings. The quantitative estimate of drug-likeness (QED) is 0.479. The standard InChI is InChI=1S/C21H23Cl2N3O4S.ClH/c1-29-10-2-5-25-6-8-26(9-7-25)31(27,28)21-11-16(15-24)3-4-20(21)30-19-13-17(22)12-18(23)14-19;/h3-4,11-14H,2,5-10H2,1H3;1H. The first-order valence-electron chi connectivity index (χ1n) is 9.73. The van der Waals surface area contributed by atoms with Crippen LogP contribution in [0.25, 0.3) is 0 Å². The maximum atomic E-state index is 13.4. The van der Waals surface area contributed by atoms with Gasteiger partial charge in [0, 0.05) is 56.5 Å². The third-order valence-electron chi connectivity index (χ3n) is 4.91. The summed E-state index contributed by atoms with van der Waals surface area (Å²) in [6.07, 6.45) is 0.896. The first kappa shape index (κ1) is 26.7. The van der Waals surface area contributed by atoms with Gasteiger partial charge in [-0.1, -0.05) is 23.2 Å². The number of halogens is 3. The summed E-state index contributed by atoms with van der Waals surface area (Å²) >= 11 is 12.1. The Morgan fingerprint density at radius 1 is 1.06 bits per heavy atom. The zero-order valence-electron chi connectivity index (χ0n) is 17.5. The van der Waals surface area contributed by atoms with E-state index in [1.807, 2.05) is 6.07 Å². The molecule has 7 nitrogen and oxygen atoms in total. The smallest absolute Gasteiger partial charge is 0.246 e. The minimum absolute atomic E-state index is 0. The van der Waals surface area contributed by atoms with Crippen LogP contribution in [0.3, 0.4) is 0 Å². The van der Waals surface area contributed by atoms with E-state index in [1.165, 1.54) is 22.5 Å². The summed E-state index contributed by atoms with van der Waals surface area (Å²) in [5, 5.41) is 10.0. The molecule has 0 atom stereocenters. The van der Waals surface area contributed by atoms with E-state index in [1.54, 1.807) is 25.3 Å². The summed E-state index contributed by atoms with van der Waals surface area (Å²) in [6, 6.07) is 10.9. The molecule has 1 heterocycles. The molecule has 0 bridgehead atoms. The number of sulfonamides is 1. The number of hydrogen-bond acceptors (Lipinski definition) is 6. The van der Waals surface area contributed by atoms with E-state index < -0.39 is 10.0 Å². The van der Waals surface area contributed by atoms with E-state index in [9.17, 15) is 13.7 Å². The average Bonchev–Trinajstić information content (AvgIpc) is 2.74. The number of nitriles is 1. The fraction of sp³-hybridized carbons (Fsp3) is 0.381. The van der Waals surface area contributed by atoms with Crippen LogP contribution in [0.5, 0.6) is 11.5 Å². The molecule has 0 amide bonds. The van der Waals surface area contributed by atoms with Gasteiger partial charge in [-0.05, 0) is 42.8 Å². The number of rotatable bonds is 8. The van der Waals surface area contributed by atoms with Gasteiger partial charge in [-0.3, -0.25) is 0 Å². The molecule has 0 spiro atoms. The fourth-order valence-electron chi connectivity index (χ4n) is 3.34. The number of nitrogens with zero attached hydrogens (tertiary/aromatic N) is 3. The van der Waals surface area contributed by atoms with Crippen molar-refractivity contribution in [1.29, 1.82) is 5.26 Å². The second kappa shape index (κ2) is 12.1. The minimum Gasteiger partial charge on any atom is -0.456 e. The summed E-state index contributed by atoms with van der Waals surface area (Å²) in [6.45, 7) is 3.49. The highest BCUT2D eigenvalue weighted by Crippen LogP contribution is 2.34. The van der Waals surface area contributed by atoms with Gasteiger partial charge in [-0.2, -0.15) is 9.57 Å². The molecule has 0 aromatic heterocycles. The second-order valence-electron chi connectivity index (χ2n) is 7.07. The molecule has 2 aromatic rings. The Morgan fingerprint density at radius 2 is 1.72 bits per heavy atom. The SMILES string of the molecule is COCCCN1CCN(S(=O)(=O)c2cc(C#N)ccc2Oc2cc(Cl)cc(Cl)c2)CC1.Cl. The largest absolute Gasteiger partial charge is 0.456 e. The molecule has 1 saturated heterocycles. The van der Waals surface area contributed by atoms with Gasteiger partial charge in [-0.25, -0.2) is 8.42 Å². The molecule has 0 saturated carbocycles. The van der Waals surface area contributed by atoms with Gasteiger partial charge >= 0.3 is 0 Å². The van der Waals surface area contributed by atoms with E-state index in [0.717, 1.165) is 13.0 Å². The molecule has 11 heteroatoms. The lowest BCUT2D eigenvalue weighted by Gasteiger charge is -2.34. The summed E-state index contributed by atoms with van der Waals surface area (Å²) in [5.74, 6) is 0.418. The number of piperazine rings is 1. The molecular weight excluding hydrogens is 497 g/mol. The van der Waals surface area contributed by atoms with Gasteiger partial charge in [0.2, 0.25) is 10.0 Å². The van der Waals surface area contributed by atoms with Crippen molar-refractivity contribution in [2.45, 2.75) is 11.3 Å². The summed E-state index contributed by atoms with van der Waals surface area (Å²) in [5.41, 5.74) is 0.230. The fourth-order valence-corrected chi connectivity index (χ4v) is 5.41. The lowest BCUT2D eigenvalue weighted by Crippen LogP contribution is -2.48. The minimum atomic E-state index is -3.87. The summed E-state index contributed by atoms with van der Waals surface area (Å²) in [7, 11) is -2.21. The third-order valence-corrected chi connectivity index (χ3v) is 7.26. The maximum absolute atomic E-state index is 13.4. The normalized spacial score (nSPS) is 15.1. The average molecular weight is 521 g/mol. The monoisotopic (exact) mass is 519 g/mol. The Balaban J connectivity index is 0.00000363. The lowest BCUT2D eigenvalue weighted by atomic mass is 10.2. The van der Waals surface area contributed by atoms with E-state index in [0.29, 0.717) is 48.6 Å². The zero-order chi connectivity index (χ0) is 22.4. The molecule has 174 valence electrons. The topological polar surface area (TPSA) is 82.9 Å². The van der Waals surface area contributed by atoms with Gasteiger partial charge in [0.25, 0.3) is 0 Å². The number of hydrogen-bond donors (Lipinski definition) is 0. The molecule has 0 unspecified atom stereocenters. The van der Waals surface area contributed by atoms with Gasteiger partial charge in [0.1, 0.15) is 16.4 Å². The van der Waals surface area contributed by atoms with Crippen molar-refractivity contribution in [3.63, 3.8) is 0 Å². The molecule has 0 aliphatic carbocycles. The Morgan fingerprint density at radius 3 is 2.31 bits per heavy atom. The molecule has 0 N–H and O–H groups in total. The van der Waals surface area contributed by atoms with Crippen LogP contribution in [0.15, 0.2) is 41.3 Å². The van der Waals surface area contributed by atoms with E-state index in [2.05, 4.69) is 4.90 Å². The van der Waals surface area contributed by atoms with Crippen LogP contribution in [0.1, 0.15) is 12.0 Å². The Labute approximate surface area is 204 Å².